The van der Waals surface area contributed by atoms with Gasteiger partial charge < -0.3 is 5.11 Å². The molecule has 114 valence electrons. The number of carboxylic acid groups (broad SMARTS) is 1. The number of ketones is 1. The average Bonchev–Trinajstić information content (AvgIpc) is 2.92. The molecule has 1 aromatic carbocycles. The van der Waals surface area contributed by atoms with Gasteiger partial charge in [-0.1, -0.05) is 18.2 Å². The van der Waals surface area contributed by atoms with Crippen molar-refractivity contribution in [1.29, 1.82) is 0 Å². The maximum absolute atomic E-state index is 11.9. The number of carbonyl (C=O) groups is 2. The van der Waals surface area contributed by atoms with Crippen molar-refractivity contribution >= 4 is 23.6 Å². The maximum atomic E-state index is 11.9. The molecule has 0 radical (unpaired) electrons. The lowest BCUT2D eigenvalue weighted by molar-refractivity contribution is 0.0870. The van der Waals surface area contributed by atoms with Gasteiger partial charge in [-0.2, -0.15) is 5.10 Å². The van der Waals surface area contributed by atoms with Gasteiger partial charge in [-0.25, -0.2) is 4.79 Å². The van der Waals surface area contributed by atoms with E-state index < -0.39 is 6.09 Å². The number of Topliss-reactive ketones (excluding diaryl/α,β-unsaturated/α-hetero) is 1. The second-order valence-corrected chi connectivity index (χ2v) is 6.12. The van der Waals surface area contributed by atoms with Crippen LogP contribution in [0.15, 0.2) is 41.4 Å². The van der Waals surface area contributed by atoms with E-state index in [1.807, 2.05) is 30.3 Å². The molecule has 7 heteroatoms. The van der Waals surface area contributed by atoms with Crippen molar-refractivity contribution in [3.8, 4) is 0 Å². The predicted molar refractivity (Wildman–Crippen MR) is 82.2 cm³/mol. The normalized spacial score (nSPS) is 14.0. The number of hydrogen-bond donors (Lipinski definition) is 1. The zero-order valence-corrected chi connectivity index (χ0v) is 12.6. The fourth-order valence-corrected chi connectivity index (χ4v) is 3.25. The third-order valence-electron chi connectivity index (χ3n) is 3.51. The predicted octanol–water partition coefficient (Wildman–Crippen LogP) is 2.35. The van der Waals surface area contributed by atoms with E-state index in [1.54, 1.807) is 22.6 Å². The van der Waals surface area contributed by atoms with Crippen LogP contribution in [0.2, 0.25) is 0 Å². The Morgan fingerprint density at radius 3 is 2.77 bits per heavy atom. The summed E-state index contributed by atoms with van der Waals surface area (Å²) in [5, 5.41) is 13.3. The Labute approximate surface area is 131 Å². The molecular weight excluding hydrogens is 302 g/mol. The molecule has 0 spiro atoms. The Bertz CT molecular complexity index is 699. The molecule has 0 unspecified atom stereocenters. The molecule has 0 atom stereocenters. The van der Waals surface area contributed by atoms with Gasteiger partial charge in [0.2, 0.25) is 0 Å². The number of thioether (sulfide) groups is 1. The van der Waals surface area contributed by atoms with Crippen LogP contribution in [0.1, 0.15) is 16.1 Å². The van der Waals surface area contributed by atoms with E-state index in [0.29, 0.717) is 17.8 Å². The number of rotatable bonds is 4. The highest BCUT2D eigenvalue weighted by Gasteiger charge is 2.29. The van der Waals surface area contributed by atoms with Crippen molar-refractivity contribution in [1.82, 2.24) is 14.7 Å². The molecule has 0 fully saturated rings. The van der Waals surface area contributed by atoms with Crippen molar-refractivity contribution in [3.63, 3.8) is 0 Å². The van der Waals surface area contributed by atoms with Crippen molar-refractivity contribution in [2.45, 2.75) is 18.0 Å². The second kappa shape index (κ2) is 6.23. The number of hydrogen-bond acceptors (Lipinski definition) is 4. The molecule has 2 heterocycles. The number of carbonyl (C=O) groups excluding carboxylic acids is 1. The Morgan fingerprint density at radius 2 is 2.05 bits per heavy atom. The lowest BCUT2D eigenvalue weighted by Crippen LogP contribution is -2.39. The number of benzene rings is 1. The molecular formula is C15H15N3O3S. The highest BCUT2D eigenvalue weighted by Crippen LogP contribution is 2.21. The van der Waals surface area contributed by atoms with Gasteiger partial charge in [0.25, 0.3) is 0 Å². The van der Waals surface area contributed by atoms with E-state index in [-0.39, 0.29) is 18.9 Å². The molecule has 0 saturated carbocycles. The van der Waals surface area contributed by atoms with Gasteiger partial charge in [-0.3, -0.25) is 14.4 Å². The highest BCUT2D eigenvalue weighted by atomic mass is 32.2. The van der Waals surface area contributed by atoms with Crippen molar-refractivity contribution in [2.24, 2.45) is 0 Å². The van der Waals surface area contributed by atoms with E-state index in [9.17, 15) is 9.59 Å². The molecule has 0 aliphatic carbocycles. The smallest absolute Gasteiger partial charge is 0.408 e. The molecule has 3 rings (SSSR count). The molecule has 1 N–H and O–H groups in total. The summed E-state index contributed by atoms with van der Waals surface area (Å²) in [6.07, 6.45) is 0.467. The van der Waals surface area contributed by atoms with Crippen molar-refractivity contribution in [3.05, 3.63) is 47.8 Å². The van der Waals surface area contributed by atoms with E-state index in [1.165, 1.54) is 4.90 Å². The van der Waals surface area contributed by atoms with Crippen LogP contribution in [-0.4, -0.2) is 44.0 Å². The Morgan fingerprint density at radius 1 is 1.27 bits per heavy atom. The average molecular weight is 317 g/mol. The fraction of sp³-hybridized carbons (Fsp3) is 0.267. The number of aryl methyl sites for hydroxylation is 1. The maximum Gasteiger partial charge on any atom is 0.408 e. The summed E-state index contributed by atoms with van der Waals surface area (Å²) >= 11 is 1.70. The minimum Gasteiger partial charge on any atom is -0.465 e. The number of aromatic nitrogens is 2. The van der Waals surface area contributed by atoms with Crippen LogP contribution in [0.3, 0.4) is 0 Å². The minimum absolute atomic E-state index is 0.0905. The standard InChI is InChI=1S/C15H15N3O3S/c19-14-10-17(15(20)21)9-13-12(14)8-16-18(13)6-7-22-11-4-2-1-3-5-11/h1-5,8H,6-7,9-10H2,(H,20,21). The van der Waals surface area contributed by atoms with Crippen LogP contribution in [0.5, 0.6) is 0 Å². The molecule has 6 nitrogen and oxygen atoms in total. The van der Waals surface area contributed by atoms with Gasteiger partial charge in [0, 0.05) is 10.6 Å². The molecule has 0 saturated heterocycles. The van der Waals surface area contributed by atoms with Crippen LogP contribution in [0.25, 0.3) is 0 Å². The van der Waals surface area contributed by atoms with Gasteiger partial charge in [0.15, 0.2) is 5.78 Å². The minimum atomic E-state index is -1.08. The van der Waals surface area contributed by atoms with Crippen LogP contribution in [-0.2, 0) is 13.1 Å². The Balaban J connectivity index is 1.68. The number of fused-ring (bicyclic) bond motifs is 1. The summed E-state index contributed by atoms with van der Waals surface area (Å²) in [5.41, 5.74) is 1.23. The van der Waals surface area contributed by atoms with Gasteiger partial charge in [-0.15, -0.1) is 11.8 Å². The highest BCUT2D eigenvalue weighted by molar-refractivity contribution is 7.99. The summed E-state index contributed by atoms with van der Waals surface area (Å²) in [6.45, 7) is 0.759. The lowest BCUT2D eigenvalue weighted by atomic mass is 10.1. The first-order chi connectivity index (χ1) is 10.6. The van der Waals surface area contributed by atoms with Crippen LogP contribution >= 0.6 is 11.8 Å². The number of amides is 1. The first-order valence-electron chi connectivity index (χ1n) is 6.89. The van der Waals surface area contributed by atoms with E-state index >= 15 is 0 Å². The largest absolute Gasteiger partial charge is 0.465 e. The SMILES string of the molecule is O=C1CN(C(=O)O)Cc2c1cnn2CCSc1ccccc1. The zero-order valence-electron chi connectivity index (χ0n) is 11.8. The van der Waals surface area contributed by atoms with Gasteiger partial charge >= 0.3 is 6.09 Å². The van der Waals surface area contributed by atoms with E-state index in [2.05, 4.69) is 5.10 Å². The fourth-order valence-electron chi connectivity index (χ4n) is 2.40. The summed E-state index contributed by atoms with van der Waals surface area (Å²) in [5.74, 6) is 0.616. The molecule has 1 aliphatic rings. The van der Waals surface area contributed by atoms with Crippen molar-refractivity contribution in [2.75, 3.05) is 12.3 Å². The molecule has 1 amide bonds. The zero-order chi connectivity index (χ0) is 15.5. The quantitative estimate of drug-likeness (QED) is 0.876. The summed E-state index contributed by atoms with van der Waals surface area (Å²) in [4.78, 5) is 25.3. The van der Waals surface area contributed by atoms with Gasteiger partial charge in [-0.05, 0) is 12.1 Å². The first-order valence-corrected chi connectivity index (χ1v) is 7.87. The van der Waals surface area contributed by atoms with Crippen LogP contribution < -0.4 is 0 Å². The topological polar surface area (TPSA) is 75.4 Å². The lowest BCUT2D eigenvalue weighted by Gasteiger charge is -2.24. The molecule has 0 bridgehead atoms. The van der Waals surface area contributed by atoms with Crippen LogP contribution in [0, 0.1) is 0 Å². The van der Waals surface area contributed by atoms with E-state index in [4.69, 9.17) is 5.11 Å². The first kappa shape index (κ1) is 14.6. The molecule has 22 heavy (non-hydrogen) atoms. The van der Waals surface area contributed by atoms with Crippen molar-refractivity contribution < 1.29 is 14.7 Å². The summed E-state index contributed by atoms with van der Waals surface area (Å²) in [7, 11) is 0. The van der Waals surface area contributed by atoms with Crippen LogP contribution in [0.4, 0.5) is 4.79 Å². The Kier molecular flexibility index (Phi) is 4.15. The van der Waals surface area contributed by atoms with Gasteiger partial charge in [0.1, 0.15) is 0 Å². The monoisotopic (exact) mass is 317 g/mol. The Hall–Kier alpha value is -2.28. The van der Waals surface area contributed by atoms with E-state index in [0.717, 1.165) is 10.7 Å². The third-order valence-corrected chi connectivity index (χ3v) is 4.50. The second-order valence-electron chi connectivity index (χ2n) is 4.95. The molecule has 1 aromatic heterocycles. The summed E-state index contributed by atoms with van der Waals surface area (Å²) < 4.78 is 1.73. The third kappa shape index (κ3) is 2.99. The summed E-state index contributed by atoms with van der Waals surface area (Å²) in [6, 6.07) is 10.0. The molecule has 2 aromatic rings. The molecule has 1 aliphatic heterocycles. The van der Waals surface area contributed by atoms with Gasteiger partial charge in [0.05, 0.1) is 37.1 Å². The number of nitrogens with zero attached hydrogens (tertiary/aromatic N) is 3.